The molecule has 3 heterocycles. The molecule has 3 aromatic rings. The van der Waals surface area contributed by atoms with E-state index in [1.807, 2.05) is 24.4 Å². The molecule has 15 heavy (non-hydrogen) atoms. The van der Waals surface area contributed by atoms with Gasteiger partial charge in [0.1, 0.15) is 5.69 Å². The molecule has 0 atom stereocenters. The molecule has 0 bridgehead atoms. The van der Waals surface area contributed by atoms with Crippen LogP contribution in [0.2, 0.25) is 0 Å². The largest absolute Gasteiger partial charge is 0.374 e. The first kappa shape index (κ1) is 8.37. The Morgan fingerprint density at radius 2 is 2.20 bits per heavy atom. The minimum Gasteiger partial charge on any atom is -0.374 e. The monoisotopic (exact) mass is 217 g/mol. The lowest BCUT2D eigenvalue weighted by atomic mass is 10.3. The van der Waals surface area contributed by atoms with Crippen molar-refractivity contribution in [2.45, 2.75) is 0 Å². The number of hydrogen-bond acceptors (Lipinski definition) is 5. The number of pyridine rings is 1. The van der Waals surface area contributed by atoms with E-state index < -0.39 is 0 Å². The van der Waals surface area contributed by atoms with Crippen LogP contribution in [0.5, 0.6) is 0 Å². The summed E-state index contributed by atoms with van der Waals surface area (Å²) in [5, 5.41) is 4.60. The van der Waals surface area contributed by atoms with Crippen molar-refractivity contribution >= 4 is 21.4 Å². The molecule has 0 spiro atoms. The Kier molecular flexibility index (Phi) is 1.69. The summed E-state index contributed by atoms with van der Waals surface area (Å²) in [7, 11) is 0. The van der Waals surface area contributed by atoms with Crippen LogP contribution in [-0.2, 0) is 0 Å². The molecule has 2 N–H and O–H groups in total. The van der Waals surface area contributed by atoms with Gasteiger partial charge in [0, 0.05) is 6.20 Å². The highest BCUT2D eigenvalue weighted by atomic mass is 32.1. The van der Waals surface area contributed by atoms with E-state index in [0.29, 0.717) is 5.13 Å². The van der Waals surface area contributed by atoms with E-state index in [9.17, 15) is 0 Å². The third-order valence-electron chi connectivity index (χ3n) is 1.99. The van der Waals surface area contributed by atoms with Gasteiger partial charge in [-0.05, 0) is 12.1 Å². The lowest BCUT2D eigenvalue weighted by molar-refractivity contribution is 0.981. The number of fused-ring (bicyclic) bond motifs is 1. The van der Waals surface area contributed by atoms with Gasteiger partial charge in [0.05, 0.1) is 11.9 Å². The smallest absolute Gasteiger partial charge is 0.214 e. The number of nitrogens with zero attached hydrogens (tertiary/aromatic N) is 4. The van der Waals surface area contributed by atoms with Crippen LogP contribution in [0, 0.1) is 0 Å². The number of anilines is 1. The number of rotatable bonds is 1. The maximum atomic E-state index is 5.55. The molecule has 74 valence electrons. The molecule has 0 saturated heterocycles. The summed E-state index contributed by atoms with van der Waals surface area (Å²) in [6.07, 6.45) is 3.56. The minimum atomic E-state index is 0.519. The first-order chi connectivity index (χ1) is 7.33. The zero-order chi connectivity index (χ0) is 10.3. The highest BCUT2D eigenvalue weighted by Gasteiger charge is 2.07. The van der Waals surface area contributed by atoms with Gasteiger partial charge in [-0.3, -0.25) is 4.98 Å². The topological polar surface area (TPSA) is 69.1 Å². The van der Waals surface area contributed by atoms with Crippen molar-refractivity contribution in [2.75, 3.05) is 5.73 Å². The van der Waals surface area contributed by atoms with Crippen molar-refractivity contribution in [1.82, 2.24) is 19.6 Å². The van der Waals surface area contributed by atoms with E-state index in [0.717, 1.165) is 16.3 Å². The first-order valence-electron chi connectivity index (χ1n) is 4.36. The van der Waals surface area contributed by atoms with Crippen LogP contribution < -0.4 is 5.73 Å². The molecule has 0 amide bonds. The van der Waals surface area contributed by atoms with Crippen molar-refractivity contribution in [2.24, 2.45) is 0 Å². The molecule has 6 heteroatoms. The number of nitrogen functional groups attached to an aromatic ring is 1. The molecule has 3 rings (SSSR count). The summed E-state index contributed by atoms with van der Waals surface area (Å²) < 4.78 is 1.67. The van der Waals surface area contributed by atoms with Gasteiger partial charge in [0.2, 0.25) is 10.1 Å². The van der Waals surface area contributed by atoms with Gasteiger partial charge in [-0.1, -0.05) is 17.4 Å². The Labute approximate surface area is 89.2 Å². The number of imidazole rings is 1. The lowest BCUT2D eigenvalue weighted by Crippen LogP contribution is -1.86. The zero-order valence-electron chi connectivity index (χ0n) is 7.66. The fourth-order valence-electron chi connectivity index (χ4n) is 1.35. The van der Waals surface area contributed by atoms with Crippen LogP contribution in [-0.4, -0.2) is 19.6 Å². The van der Waals surface area contributed by atoms with Crippen LogP contribution >= 0.6 is 11.3 Å². The molecule has 0 saturated carbocycles. The summed E-state index contributed by atoms with van der Waals surface area (Å²) in [4.78, 5) is 9.38. The molecule has 5 nitrogen and oxygen atoms in total. The van der Waals surface area contributed by atoms with E-state index >= 15 is 0 Å². The SMILES string of the molecule is Nc1nn2cc(-c3ccccn3)nc2s1. The van der Waals surface area contributed by atoms with Crippen LogP contribution in [0.3, 0.4) is 0 Å². The standard InChI is InChI=1S/C9H7N5S/c10-8-13-14-5-7(12-9(14)15-8)6-3-1-2-4-11-6/h1-5H,(H2,10,13). The second-order valence-corrected chi connectivity index (χ2v) is 4.00. The van der Waals surface area contributed by atoms with Gasteiger partial charge >= 0.3 is 0 Å². The normalized spacial score (nSPS) is 10.9. The molecule has 0 aliphatic carbocycles. The van der Waals surface area contributed by atoms with E-state index in [-0.39, 0.29) is 0 Å². The molecule has 0 aromatic carbocycles. The average Bonchev–Trinajstić information content (AvgIpc) is 2.76. The zero-order valence-corrected chi connectivity index (χ0v) is 8.48. The van der Waals surface area contributed by atoms with Crippen molar-refractivity contribution in [3.8, 4) is 11.4 Å². The minimum absolute atomic E-state index is 0.519. The number of nitrogens with two attached hydrogens (primary N) is 1. The molecule has 0 fully saturated rings. The van der Waals surface area contributed by atoms with Crippen LogP contribution in [0.25, 0.3) is 16.3 Å². The van der Waals surface area contributed by atoms with Gasteiger partial charge in [-0.2, -0.15) is 0 Å². The Balaban J connectivity index is 2.16. The van der Waals surface area contributed by atoms with Crippen LogP contribution in [0.4, 0.5) is 5.13 Å². The molecular weight excluding hydrogens is 210 g/mol. The van der Waals surface area contributed by atoms with Crippen LogP contribution in [0.15, 0.2) is 30.6 Å². The average molecular weight is 217 g/mol. The maximum absolute atomic E-state index is 5.55. The Hall–Kier alpha value is -1.95. The third kappa shape index (κ3) is 1.35. The molecule has 0 aliphatic rings. The van der Waals surface area contributed by atoms with E-state index in [4.69, 9.17) is 5.73 Å². The molecule has 0 aliphatic heterocycles. The van der Waals surface area contributed by atoms with Crippen molar-refractivity contribution in [3.05, 3.63) is 30.6 Å². The lowest BCUT2D eigenvalue weighted by Gasteiger charge is -1.91. The molecular formula is C9H7N5S. The van der Waals surface area contributed by atoms with Crippen LogP contribution in [0.1, 0.15) is 0 Å². The summed E-state index contributed by atoms with van der Waals surface area (Å²) in [5.41, 5.74) is 7.21. The second-order valence-electron chi connectivity index (χ2n) is 3.01. The van der Waals surface area contributed by atoms with Gasteiger partial charge < -0.3 is 5.73 Å². The summed E-state index contributed by atoms with van der Waals surface area (Å²) in [5.74, 6) is 0. The molecule has 0 radical (unpaired) electrons. The predicted molar refractivity (Wildman–Crippen MR) is 58.5 cm³/mol. The fourth-order valence-corrected chi connectivity index (χ4v) is 2.00. The number of hydrogen-bond donors (Lipinski definition) is 1. The Bertz CT molecular complexity index is 566. The quantitative estimate of drug-likeness (QED) is 0.669. The number of aromatic nitrogens is 4. The highest BCUT2D eigenvalue weighted by molar-refractivity contribution is 7.20. The first-order valence-corrected chi connectivity index (χ1v) is 5.18. The Morgan fingerprint density at radius 3 is 2.93 bits per heavy atom. The maximum Gasteiger partial charge on any atom is 0.214 e. The van der Waals surface area contributed by atoms with Gasteiger partial charge in [-0.25, -0.2) is 9.50 Å². The summed E-state index contributed by atoms with van der Waals surface area (Å²) in [6, 6.07) is 5.71. The van der Waals surface area contributed by atoms with E-state index in [1.165, 1.54) is 11.3 Å². The second kappa shape index (κ2) is 3.03. The van der Waals surface area contributed by atoms with Gasteiger partial charge in [0.15, 0.2) is 0 Å². The van der Waals surface area contributed by atoms with Crippen molar-refractivity contribution < 1.29 is 0 Å². The summed E-state index contributed by atoms with van der Waals surface area (Å²) in [6.45, 7) is 0. The highest BCUT2D eigenvalue weighted by Crippen LogP contribution is 2.20. The van der Waals surface area contributed by atoms with E-state index in [2.05, 4.69) is 15.1 Å². The van der Waals surface area contributed by atoms with Crippen molar-refractivity contribution in [3.63, 3.8) is 0 Å². The molecule has 0 unspecified atom stereocenters. The predicted octanol–water partition coefficient (Wildman–Crippen LogP) is 1.43. The fraction of sp³-hybridized carbons (Fsp3) is 0. The van der Waals surface area contributed by atoms with Gasteiger partial charge in [-0.15, -0.1) is 5.10 Å². The van der Waals surface area contributed by atoms with E-state index in [1.54, 1.807) is 10.7 Å². The summed E-state index contributed by atoms with van der Waals surface area (Å²) >= 11 is 1.36. The Morgan fingerprint density at radius 1 is 1.27 bits per heavy atom. The molecule has 3 aromatic heterocycles. The van der Waals surface area contributed by atoms with Gasteiger partial charge in [0.25, 0.3) is 0 Å². The van der Waals surface area contributed by atoms with Crippen molar-refractivity contribution in [1.29, 1.82) is 0 Å². The third-order valence-corrected chi connectivity index (χ3v) is 2.74.